The Kier molecular flexibility index (Phi) is 12.5. The molecule has 12 heteroatoms. The second kappa shape index (κ2) is 12.8. The van der Waals surface area contributed by atoms with Crippen molar-refractivity contribution in [1.82, 2.24) is 5.32 Å². The lowest BCUT2D eigenvalue weighted by Gasteiger charge is -2.22. The second-order valence-electron chi connectivity index (χ2n) is 5.29. The van der Waals surface area contributed by atoms with Crippen LogP contribution in [-0.4, -0.2) is 66.1 Å². The summed E-state index contributed by atoms with van der Waals surface area (Å²) in [5, 5.41) is 30.0. The number of methoxy groups -OCH3 is 1. The zero-order valence-electron chi connectivity index (χ0n) is 14.0. The quantitative estimate of drug-likeness (QED) is 0.0982. The van der Waals surface area contributed by atoms with E-state index in [1.54, 1.807) is 13.8 Å². The lowest BCUT2D eigenvalue weighted by atomic mass is 10.2. The normalized spacial score (nSPS) is 15.8. The van der Waals surface area contributed by atoms with Crippen LogP contribution in [0, 0.1) is 5.21 Å². The van der Waals surface area contributed by atoms with Crippen LogP contribution < -0.4 is 16.4 Å². The van der Waals surface area contributed by atoms with E-state index in [1.165, 1.54) is 18.9 Å². The Labute approximate surface area is 144 Å². The number of hydrogen-bond acceptors (Lipinski definition) is 11. The lowest BCUT2D eigenvalue weighted by Crippen LogP contribution is -3.04. The van der Waals surface area contributed by atoms with E-state index in [9.17, 15) is 15.1 Å². The largest absolute Gasteiger partial charge is 0.566 e. The molecule has 0 aromatic heterocycles. The van der Waals surface area contributed by atoms with Crippen molar-refractivity contribution in [1.29, 1.82) is 0 Å². The molecule has 0 aliphatic carbocycles. The minimum Gasteiger partial charge on any atom is -0.566 e. The summed E-state index contributed by atoms with van der Waals surface area (Å²) in [6.45, 7) is 3.73. The van der Waals surface area contributed by atoms with Gasteiger partial charge in [0.1, 0.15) is 11.8 Å². The molecule has 0 saturated carbocycles. The first kappa shape index (κ1) is 23.5. The second-order valence-corrected chi connectivity index (χ2v) is 6.27. The van der Waals surface area contributed by atoms with E-state index in [2.05, 4.69) is 15.0 Å². The summed E-state index contributed by atoms with van der Waals surface area (Å²) in [5.41, 5.74) is 4.65. The van der Waals surface area contributed by atoms with Gasteiger partial charge in [0.25, 0.3) is 0 Å². The Morgan fingerprint density at radius 2 is 2.17 bits per heavy atom. The van der Waals surface area contributed by atoms with Gasteiger partial charge in [-0.1, -0.05) is 5.39 Å². The van der Waals surface area contributed by atoms with Gasteiger partial charge in [-0.25, -0.2) is 4.79 Å². The highest BCUT2D eigenvalue weighted by atomic mass is 32.2. The Morgan fingerprint density at radius 1 is 1.50 bits per heavy atom. The van der Waals surface area contributed by atoms with Crippen molar-refractivity contribution >= 4 is 17.7 Å². The fraction of sp³-hybridized carbons (Fsp3) is 0.917. The fourth-order valence-corrected chi connectivity index (χ4v) is 2.19. The molecule has 0 fully saturated rings. The number of rotatable bonds is 14. The molecule has 3 atom stereocenters. The van der Waals surface area contributed by atoms with Gasteiger partial charge < -0.3 is 20.8 Å². The van der Waals surface area contributed by atoms with E-state index >= 15 is 0 Å². The molecule has 0 rings (SSSR count). The summed E-state index contributed by atoms with van der Waals surface area (Å²) in [4.78, 5) is 25.6. The number of thioether (sulfide) groups is 1. The maximum atomic E-state index is 11.7. The molecule has 11 nitrogen and oxygen atoms in total. The van der Waals surface area contributed by atoms with Crippen LogP contribution >= 0.6 is 11.8 Å². The van der Waals surface area contributed by atoms with Crippen LogP contribution in [-0.2, 0) is 24.1 Å². The zero-order valence-corrected chi connectivity index (χ0v) is 14.8. The van der Waals surface area contributed by atoms with Crippen LogP contribution in [0.4, 0.5) is 0 Å². The van der Waals surface area contributed by atoms with Crippen LogP contribution in [0.1, 0.15) is 20.3 Å². The third-order valence-electron chi connectivity index (χ3n) is 2.51. The van der Waals surface area contributed by atoms with Gasteiger partial charge in [0, 0.05) is 19.4 Å². The summed E-state index contributed by atoms with van der Waals surface area (Å²) in [5.74, 6) is -0.507. The highest BCUT2D eigenvalue weighted by Gasteiger charge is 2.31. The number of carbonyl (C=O) groups is 1. The Morgan fingerprint density at radius 3 is 2.71 bits per heavy atom. The van der Waals surface area contributed by atoms with Crippen molar-refractivity contribution in [2.24, 2.45) is 5.73 Å². The lowest BCUT2D eigenvalue weighted by molar-refractivity contribution is -1.21. The first-order chi connectivity index (χ1) is 11.2. The van der Waals surface area contributed by atoms with Crippen molar-refractivity contribution in [3.05, 3.63) is 5.21 Å². The van der Waals surface area contributed by atoms with Gasteiger partial charge in [-0.2, -0.15) is 14.9 Å². The molecule has 0 aliphatic heterocycles. The smallest absolute Gasteiger partial charge is 0.361 e. The number of ether oxygens (including phenoxy) is 1. The molecule has 3 unspecified atom stereocenters. The van der Waals surface area contributed by atoms with Gasteiger partial charge in [0.05, 0.1) is 12.5 Å². The highest BCUT2D eigenvalue weighted by molar-refractivity contribution is 7.99. The van der Waals surface area contributed by atoms with Crippen molar-refractivity contribution in [2.75, 3.05) is 32.0 Å². The fourth-order valence-electron chi connectivity index (χ4n) is 1.42. The average molecular weight is 373 g/mol. The van der Waals surface area contributed by atoms with Crippen molar-refractivity contribution in [2.45, 2.75) is 38.1 Å². The van der Waals surface area contributed by atoms with Crippen LogP contribution in [0.3, 0.4) is 0 Å². The third kappa shape index (κ3) is 12.8. The maximum Gasteiger partial charge on any atom is 0.361 e. The van der Waals surface area contributed by atoms with Crippen molar-refractivity contribution in [3.8, 4) is 0 Å². The van der Waals surface area contributed by atoms with Gasteiger partial charge in [-0.3, -0.25) is 10.2 Å². The molecular formula is C12H27N3O8S. The number of nitrogens with one attached hydrogen (secondary N) is 2. The van der Waals surface area contributed by atoms with Crippen LogP contribution in [0.15, 0.2) is 0 Å². The number of nitrogens with two attached hydrogens (primary N) is 1. The number of carbonyl (C=O) groups excluding carboxylic acids is 1. The van der Waals surface area contributed by atoms with E-state index in [1.807, 2.05) is 0 Å². The molecular weight excluding hydrogens is 346 g/mol. The Bertz CT molecular complexity index is 343. The maximum absolute atomic E-state index is 11.7. The molecule has 0 heterocycles. The van der Waals surface area contributed by atoms with Crippen molar-refractivity contribution in [3.63, 3.8) is 0 Å². The summed E-state index contributed by atoms with van der Waals surface area (Å²) in [6, 6.07) is -1.32. The minimum absolute atomic E-state index is 0.0877. The van der Waals surface area contributed by atoms with Gasteiger partial charge in [-0.05, 0) is 20.3 Å². The molecule has 0 aliphatic rings. The van der Waals surface area contributed by atoms with Gasteiger partial charge in [-0.15, -0.1) is 11.8 Å². The summed E-state index contributed by atoms with van der Waals surface area (Å²) >= 11 is 1.22. The molecule has 144 valence electrons. The topological polar surface area (TPSA) is 160 Å². The molecule has 0 radical (unpaired) electrons. The first-order valence-corrected chi connectivity index (χ1v) is 8.35. The van der Waals surface area contributed by atoms with Crippen LogP contribution in [0.5, 0.6) is 0 Å². The Hall–Kier alpha value is -0.540. The Balaban J connectivity index is 4.09. The minimum atomic E-state index is -1.54. The SMILES string of the molecule is COCSCC(O[NH+]([O-])O)C(N)C(=O)OOCCCNC(C)(C)O. The predicted octanol–water partition coefficient (Wildman–Crippen LogP) is -2.09. The summed E-state index contributed by atoms with van der Waals surface area (Å²) in [7, 11) is 1.48. The molecule has 0 aromatic rings. The van der Waals surface area contributed by atoms with E-state index in [4.69, 9.17) is 20.6 Å². The summed E-state index contributed by atoms with van der Waals surface area (Å²) < 4.78 is 4.82. The number of aliphatic hydroxyl groups is 1. The standard InChI is InChI=1S/C12H27N3O8S/c1-12(2,17)14-5-4-6-21-23-11(16)10(13)9(22-15(18)19)7-24-8-20-3/h9-10,14-15,17-18H,4-8,13H2,1-3H3. The van der Waals surface area contributed by atoms with Crippen LogP contribution in [0.2, 0.25) is 0 Å². The van der Waals surface area contributed by atoms with Crippen LogP contribution in [0.25, 0.3) is 0 Å². The monoisotopic (exact) mass is 373 g/mol. The number of quaternary nitrogens is 1. The zero-order chi connectivity index (χ0) is 18.6. The molecule has 6 N–H and O–H groups in total. The highest BCUT2D eigenvalue weighted by Crippen LogP contribution is 2.08. The first-order valence-electron chi connectivity index (χ1n) is 7.20. The number of hydrogen-bond donors (Lipinski definition) is 5. The third-order valence-corrected chi connectivity index (χ3v) is 3.48. The van der Waals surface area contributed by atoms with E-state index < -0.39 is 29.2 Å². The molecule has 0 aromatic carbocycles. The molecule has 0 saturated heterocycles. The summed E-state index contributed by atoms with van der Waals surface area (Å²) in [6.07, 6.45) is -0.610. The van der Waals surface area contributed by atoms with Gasteiger partial charge in [0.15, 0.2) is 6.10 Å². The van der Waals surface area contributed by atoms with E-state index in [0.29, 0.717) is 18.9 Å². The van der Waals surface area contributed by atoms with Gasteiger partial charge >= 0.3 is 5.97 Å². The van der Waals surface area contributed by atoms with E-state index in [-0.39, 0.29) is 12.4 Å². The van der Waals surface area contributed by atoms with Gasteiger partial charge in [0.2, 0.25) is 0 Å². The molecule has 24 heavy (non-hydrogen) atoms. The molecule has 0 spiro atoms. The van der Waals surface area contributed by atoms with E-state index in [0.717, 1.165) is 0 Å². The molecule has 0 bridgehead atoms. The molecule has 0 amide bonds. The van der Waals surface area contributed by atoms with Crippen molar-refractivity contribution < 1.29 is 39.8 Å². The average Bonchev–Trinajstić information content (AvgIpc) is 2.47. The predicted molar refractivity (Wildman–Crippen MR) is 84.3 cm³/mol.